The van der Waals surface area contributed by atoms with Crippen LogP contribution in [0.4, 0.5) is 4.39 Å². The molecule has 28 heavy (non-hydrogen) atoms. The minimum Gasteiger partial charge on any atom is -0.206 e. The molecule has 0 aliphatic rings. The first-order valence-corrected chi connectivity index (χ1v) is 12.5. The SMILES string of the molecule is C[PH](c1ccccc1)(c1ccccc1)c1ccccc1.Fc1ccccc1Br. The van der Waals surface area contributed by atoms with Gasteiger partial charge in [-0.2, -0.15) is 0 Å². The summed E-state index contributed by atoms with van der Waals surface area (Å²) in [7, 11) is -1.88. The van der Waals surface area contributed by atoms with Crippen molar-refractivity contribution in [2.24, 2.45) is 0 Å². The molecule has 0 fully saturated rings. The van der Waals surface area contributed by atoms with Gasteiger partial charge in [0.2, 0.25) is 0 Å². The molecule has 0 radical (unpaired) electrons. The average Bonchev–Trinajstić information content (AvgIpc) is 2.77. The molecule has 0 nitrogen and oxygen atoms in total. The molecular formula is C25H23BrFP. The van der Waals surface area contributed by atoms with E-state index in [-0.39, 0.29) is 5.82 Å². The molecule has 0 saturated carbocycles. The Balaban J connectivity index is 0.000000236. The van der Waals surface area contributed by atoms with E-state index >= 15 is 0 Å². The second-order valence-electron chi connectivity index (χ2n) is 6.64. The molecule has 142 valence electrons. The molecule has 4 aromatic rings. The zero-order valence-corrected chi connectivity index (χ0v) is 18.3. The summed E-state index contributed by atoms with van der Waals surface area (Å²) >= 11 is 3.02. The maximum Gasteiger partial charge on any atom is 0.137 e. The molecule has 0 amide bonds. The first-order chi connectivity index (χ1) is 13.6. The molecule has 3 heteroatoms. The van der Waals surface area contributed by atoms with Gasteiger partial charge in [-0.15, -0.1) is 0 Å². The van der Waals surface area contributed by atoms with E-state index in [9.17, 15) is 4.39 Å². The zero-order chi connectivity index (χ0) is 19.8. The molecule has 0 aliphatic carbocycles. The van der Waals surface area contributed by atoms with Crippen LogP contribution in [0.5, 0.6) is 0 Å². The quantitative estimate of drug-likeness (QED) is 0.338. The maximum absolute atomic E-state index is 12.3. The Morgan fingerprint density at radius 1 is 0.536 bits per heavy atom. The molecule has 0 atom stereocenters. The molecule has 0 saturated heterocycles. The number of halogens is 2. The van der Waals surface area contributed by atoms with Crippen LogP contribution in [-0.4, -0.2) is 6.66 Å². The third-order valence-corrected chi connectivity index (χ3v) is 9.99. The molecule has 0 unspecified atom stereocenters. The zero-order valence-electron chi connectivity index (χ0n) is 15.7. The summed E-state index contributed by atoms with van der Waals surface area (Å²) in [4.78, 5) is 0. The van der Waals surface area contributed by atoms with Gasteiger partial charge in [0, 0.05) is 0 Å². The minimum atomic E-state index is -1.88. The monoisotopic (exact) mass is 452 g/mol. The van der Waals surface area contributed by atoms with E-state index in [1.165, 1.54) is 22.0 Å². The fraction of sp³-hybridized carbons (Fsp3) is 0.0400. The molecule has 0 aromatic heterocycles. The Morgan fingerprint density at radius 2 is 0.857 bits per heavy atom. The third kappa shape index (κ3) is 4.76. The van der Waals surface area contributed by atoms with Crippen molar-refractivity contribution in [1.82, 2.24) is 0 Å². The molecule has 0 heterocycles. The summed E-state index contributed by atoms with van der Waals surface area (Å²) in [5, 5.41) is 4.37. The smallest absolute Gasteiger partial charge is 0.137 e. The average molecular weight is 453 g/mol. The van der Waals surface area contributed by atoms with Crippen molar-refractivity contribution in [1.29, 1.82) is 0 Å². The van der Waals surface area contributed by atoms with Crippen molar-refractivity contribution < 1.29 is 4.39 Å². The molecular weight excluding hydrogens is 430 g/mol. The van der Waals surface area contributed by atoms with E-state index in [1.807, 2.05) is 0 Å². The minimum absolute atomic E-state index is 0.215. The van der Waals surface area contributed by atoms with Crippen LogP contribution in [0.3, 0.4) is 0 Å². The predicted octanol–water partition coefficient (Wildman–Crippen LogP) is 5.93. The standard InChI is InChI=1S/C19H19P.C6H4BrF/c1-20(17-11-5-2-6-12-17,18-13-7-3-8-14-18)19-15-9-4-10-16-19;7-5-3-1-2-4-6(5)8/h2-16,20H,1H3;1-4H. The third-order valence-electron chi connectivity index (χ3n) is 4.88. The van der Waals surface area contributed by atoms with E-state index in [0.717, 1.165) is 0 Å². The Bertz CT molecular complexity index is 871. The molecule has 0 bridgehead atoms. The largest absolute Gasteiger partial charge is 0.206 e. The first kappa shape index (κ1) is 20.5. The number of hydrogen-bond donors (Lipinski definition) is 0. The van der Waals surface area contributed by atoms with E-state index in [1.54, 1.807) is 18.2 Å². The van der Waals surface area contributed by atoms with Gasteiger partial charge < -0.3 is 0 Å². The van der Waals surface area contributed by atoms with Crippen molar-refractivity contribution in [2.45, 2.75) is 0 Å². The Hall–Kier alpha value is -2.28. The van der Waals surface area contributed by atoms with Crippen LogP contribution < -0.4 is 15.9 Å². The van der Waals surface area contributed by atoms with Crippen molar-refractivity contribution in [3.05, 3.63) is 126 Å². The van der Waals surface area contributed by atoms with Crippen LogP contribution in [0.1, 0.15) is 0 Å². The molecule has 0 aliphatic heterocycles. The summed E-state index contributed by atoms with van der Waals surface area (Å²) in [5.74, 6) is -0.215. The van der Waals surface area contributed by atoms with Crippen LogP contribution >= 0.6 is 23.2 Å². The van der Waals surface area contributed by atoms with E-state index in [2.05, 4.69) is 114 Å². The predicted molar refractivity (Wildman–Crippen MR) is 127 cm³/mol. The van der Waals surface area contributed by atoms with Crippen LogP contribution in [0.2, 0.25) is 0 Å². The van der Waals surface area contributed by atoms with Crippen molar-refractivity contribution in [3.63, 3.8) is 0 Å². The van der Waals surface area contributed by atoms with E-state index < -0.39 is 7.26 Å². The van der Waals surface area contributed by atoms with E-state index in [0.29, 0.717) is 4.47 Å². The van der Waals surface area contributed by atoms with Crippen LogP contribution in [-0.2, 0) is 0 Å². The normalized spacial score (nSPS) is 11.2. The summed E-state index contributed by atoms with van der Waals surface area (Å²) in [6, 6.07) is 39.3. The Labute approximate surface area is 175 Å². The van der Waals surface area contributed by atoms with Crippen LogP contribution in [0, 0.1) is 5.82 Å². The summed E-state index contributed by atoms with van der Waals surface area (Å²) in [6.07, 6.45) is 0. The van der Waals surface area contributed by atoms with Gasteiger partial charge in [-0.25, -0.2) is 4.39 Å². The van der Waals surface area contributed by atoms with Crippen molar-refractivity contribution >= 4 is 39.1 Å². The van der Waals surface area contributed by atoms with E-state index in [4.69, 9.17) is 0 Å². The first-order valence-electron chi connectivity index (χ1n) is 9.19. The van der Waals surface area contributed by atoms with Gasteiger partial charge in [-0.1, -0.05) is 12.1 Å². The van der Waals surface area contributed by atoms with Gasteiger partial charge in [-0.05, 0) is 28.1 Å². The molecule has 0 spiro atoms. The fourth-order valence-corrected chi connectivity index (χ4v) is 7.12. The summed E-state index contributed by atoms with van der Waals surface area (Å²) < 4.78 is 12.8. The Morgan fingerprint density at radius 3 is 1.14 bits per heavy atom. The van der Waals surface area contributed by atoms with Crippen molar-refractivity contribution in [2.75, 3.05) is 6.66 Å². The summed E-state index contributed by atoms with van der Waals surface area (Å²) in [5.41, 5.74) is 0. The van der Waals surface area contributed by atoms with Gasteiger partial charge in [0.25, 0.3) is 0 Å². The summed E-state index contributed by atoms with van der Waals surface area (Å²) in [6.45, 7) is 2.44. The molecule has 0 N–H and O–H groups in total. The van der Waals surface area contributed by atoms with Gasteiger partial charge in [-0.3, -0.25) is 0 Å². The van der Waals surface area contributed by atoms with Gasteiger partial charge >= 0.3 is 121 Å². The number of rotatable bonds is 3. The second kappa shape index (κ2) is 9.78. The van der Waals surface area contributed by atoms with Crippen LogP contribution in [0.25, 0.3) is 0 Å². The number of benzene rings is 4. The topological polar surface area (TPSA) is 0 Å². The van der Waals surface area contributed by atoms with Gasteiger partial charge in [0.15, 0.2) is 0 Å². The van der Waals surface area contributed by atoms with Crippen molar-refractivity contribution in [3.8, 4) is 0 Å². The van der Waals surface area contributed by atoms with Gasteiger partial charge in [0.05, 0.1) is 4.47 Å². The molecule has 4 aromatic carbocycles. The second-order valence-corrected chi connectivity index (χ2v) is 11.5. The maximum atomic E-state index is 12.3. The Kier molecular flexibility index (Phi) is 7.14. The number of hydrogen-bond acceptors (Lipinski definition) is 0. The molecule has 4 rings (SSSR count). The van der Waals surface area contributed by atoms with Gasteiger partial charge in [0.1, 0.15) is 5.82 Å². The fourth-order valence-electron chi connectivity index (χ4n) is 3.25. The van der Waals surface area contributed by atoms with Crippen LogP contribution in [0.15, 0.2) is 120 Å².